The summed E-state index contributed by atoms with van der Waals surface area (Å²) in [5.74, 6) is 0.890. The second-order valence-corrected chi connectivity index (χ2v) is 8.40. The van der Waals surface area contributed by atoms with Gasteiger partial charge >= 0.3 is 0 Å². The number of carbonyl (C=O) groups excluding carboxylic acids is 1. The molecule has 1 rings (SSSR count). The fraction of sp³-hybridized carbons (Fsp3) is 0.462. The minimum atomic E-state index is -0.836. The van der Waals surface area contributed by atoms with Crippen LogP contribution in [-0.4, -0.2) is 15.3 Å². The third-order valence-corrected chi connectivity index (χ3v) is 3.79. The fourth-order valence-electron chi connectivity index (χ4n) is 1.75. The molecule has 1 aromatic carbocycles. The highest BCUT2D eigenvalue weighted by Gasteiger charge is 2.25. The van der Waals surface area contributed by atoms with Crippen LogP contribution in [0.3, 0.4) is 0 Å². The number of carbonyl (C=O) groups is 1. The Morgan fingerprint density at radius 2 is 1.88 bits per heavy atom. The van der Waals surface area contributed by atoms with Gasteiger partial charge in [0.05, 0.1) is 3.57 Å². The maximum absolute atomic E-state index is 11.2. The van der Waals surface area contributed by atoms with Crippen molar-refractivity contribution in [3.8, 4) is 5.75 Å². The Morgan fingerprint density at radius 1 is 1.29 bits per heavy atom. The summed E-state index contributed by atoms with van der Waals surface area (Å²) in [6.07, 6.45) is 0.918. The molecule has 1 aromatic rings. The smallest absolute Gasteiger partial charge is 0.274 e. The van der Waals surface area contributed by atoms with Crippen molar-refractivity contribution in [1.29, 1.82) is 0 Å². The molecule has 4 heteroatoms. The molecule has 2 nitrogen and oxygen atoms in total. The molecule has 0 amide bonds. The van der Waals surface area contributed by atoms with E-state index in [2.05, 4.69) is 56.5 Å². The summed E-state index contributed by atoms with van der Waals surface area (Å²) < 4.78 is 7.05. The van der Waals surface area contributed by atoms with Crippen molar-refractivity contribution in [3.63, 3.8) is 0 Å². The molecule has 17 heavy (non-hydrogen) atoms. The predicted octanol–water partition coefficient (Wildman–Crippen LogP) is 4.03. The topological polar surface area (TPSA) is 26.3 Å². The number of halogens is 1. The van der Waals surface area contributed by atoms with E-state index in [1.165, 1.54) is 0 Å². The molecule has 0 aliphatic heterocycles. The third kappa shape index (κ3) is 3.55. The molecule has 0 spiro atoms. The van der Waals surface area contributed by atoms with Crippen molar-refractivity contribution in [1.82, 2.24) is 0 Å². The van der Waals surface area contributed by atoms with Crippen LogP contribution >= 0.6 is 22.6 Å². The molecule has 0 N–H and O–H groups in total. The zero-order valence-electron chi connectivity index (χ0n) is 10.9. The lowest BCUT2D eigenvalue weighted by Gasteiger charge is -2.26. The molecule has 0 atom stereocenters. The fourth-order valence-corrected chi connectivity index (χ4v) is 3.14. The van der Waals surface area contributed by atoms with Gasteiger partial charge in [0.1, 0.15) is 12.0 Å². The number of hydrogen-bond acceptors (Lipinski definition) is 2. The van der Waals surface area contributed by atoms with E-state index in [0.29, 0.717) is 0 Å². The third-order valence-electron chi connectivity index (χ3n) is 2.33. The van der Waals surface area contributed by atoms with Gasteiger partial charge in [0.15, 0.2) is 0 Å². The number of aldehydes is 1. The van der Waals surface area contributed by atoms with Gasteiger partial charge in [-0.2, -0.15) is 0 Å². The van der Waals surface area contributed by atoms with Crippen LogP contribution in [0.15, 0.2) is 12.1 Å². The minimum Gasteiger partial charge on any atom is -0.542 e. The summed E-state index contributed by atoms with van der Waals surface area (Å²) in [7, 11) is -0.836. The summed E-state index contributed by atoms with van der Waals surface area (Å²) in [6, 6.07) is 3.82. The molecule has 1 radical (unpaired) electrons. The van der Waals surface area contributed by atoms with Gasteiger partial charge < -0.3 is 4.43 Å². The average molecular weight is 361 g/mol. The van der Waals surface area contributed by atoms with E-state index in [-0.39, 0.29) is 5.41 Å². The first-order chi connectivity index (χ1) is 7.77. The van der Waals surface area contributed by atoms with Crippen LogP contribution in [0.2, 0.25) is 13.1 Å². The van der Waals surface area contributed by atoms with Gasteiger partial charge in [0.25, 0.3) is 9.04 Å². The molecular formula is C13H18IO2Si. The summed E-state index contributed by atoms with van der Waals surface area (Å²) in [5, 5.41) is 0. The SMILES string of the molecule is C[Si](C)Oc1c(I)ccc(C=O)c1C(C)(C)C. The van der Waals surface area contributed by atoms with Crippen LogP contribution < -0.4 is 4.43 Å². The largest absolute Gasteiger partial charge is 0.542 e. The van der Waals surface area contributed by atoms with E-state index < -0.39 is 9.04 Å². The molecule has 0 unspecified atom stereocenters. The maximum Gasteiger partial charge on any atom is 0.274 e. The van der Waals surface area contributed by atoms with Gasteiger partial charge in [0, 0.05) is 11.1 Å². The standard InChI is InChI=1S/C13H18IO2Si/c1-13(2,3)11-9(8-15)6-7-10(14)12(11)16-17(4)5/h6-8H,1-5H3. The lowest BCUT2D eigenvalue weighted by molar-refractivity contribution is 0.112. The van der Waals surface area contributed by atoms with Gasteiger partial charge in [-0.1, -0.05) is 26.8 Å². The van der Waals surface area contributed by atoms with Gasteiger partial charge in [0.2, 0.25) is 0 Å². The Balaban J connectivity index is 3.48. The monoisotopic (exact) mass is 361 g/mol. The van der Waals surface area contributed by atoms with E-state index in [1.54, 1.807) is 0 Å². The summed E-state index contributed by atoms with van der Waals surface area (Å²) in [5.41, 5.74) is 1.66. The van der Waals surface area contributed by atoms with Crippen LogP contribution in [0.4, 0.5) is 0 Å². The molecule has 0 saturated carbocycles. The van der Waals surface area contributed by atoms with Crippen LogP contribution in [0, 0.1) is 3.57 Å². The Labute approximate surface area is 119 Å². The number of benzene rings is 1. The van der Waals surface area contributed by atoms with Gasteiger partial charge in [-0.05, 0) is 47.2 Å². The van der Waals surface area contributed by atoms with Crippen molar-refractivity contribution in [2.24, 2.45) is 0 Å². The van der Waals surface area contributed by atoms with Gasteiger partial charge in [-0.25, -0.2) is 0 Å². The summed E-state index contributed by atoms with van der Waals surface area (Å²) in [4.78, 5) is 11.2. The highest BCUT2D eigenvalue weighted by molar-refractivity contribution is 14.1. The molecule has 0 bridgehead atoms. The Hall–Kier alpha value is -0.363. The average Bonchev–Trinajstić information content (AvgIpc) is 2.18. The van der Waals surface area contributed by atoms with Crippen molar-refractivity contribution < 1.29 is 9.22 Å². The first kappa shape index (κ1) is 14.7. The Bertz CT molecular complexity index is 422. The van der Waals surface area contributed by atoms with Crippen LogP contribution in [-0.2, 0) is 5.41 Å². The quantitative estimate of drug-likeness (QED) is 0.462. The summed E-state index contributed by atoms with van der Waals surface area (Å²) in [6.45, 7) is 10.5. The van der Waals surface area contributed by atoms with Crippen LogP contribution in [0.25, 0.3) is 0 Å². The first-order valence-electron chi connectivity index (χ1n) is 5.53. The second kappa shape index (κ2) is 5.52. The molecular weight excluding hydrogens is 343 g/mol. The normalized spacial score (nSPS) is 11.7. The lowest BCUT2D eigenvalue weighted by Crippen LogP contribution is -2.21. The molecule has 0 saturated heterocycles. The van der Waals surface area contributed by atoms with E-state index in [1.807, 2.05) is 12.1 Å². The van der Waals surface area contributed by atoms with E-state index >= 15 is 0 Å². The second-order valence-electron chi connectivity index (χ2n) is 5.22. The predicted molar refractivity (Wildman–Crippen MR) is 81.4 cm³/mol. The lowest BCUT2D eigenvalue weighted by atomic mass is 9.83. The number of hydrogen-bond donors (Lipinski definition) is 0. The van der Waals surface area contributed by atoms with Gasteiger partial charge in [-0.15, -0.1) is 0 Å². The first-order valence-corrected chi connectivity index (χ1v) is 9.02. The van der Waals surface area contributed by atoms with Crippen molar-refractivity contribution in [2.75, 3.05) is 0 Å². The molecule has 0 aromatic heterocycles. The Morgan fingerprint density at radius 3 is 2.29 bits per heavy atom. The van der Waals surface area contributed by atoms with E-state index in [4.69, 9.17) is 4.43 Å². The highest BCUT2D eigenvalue weighted by Crippen LogP contribution is 2.37. The van der Waals surface area contributed by atoms with E-state index in [9.17, 15) is 4.79 Å². The van der Waals surface area contributed by atoms with Crippen LogP contribution in [0.5, 0.6) is 5.75 Å². The van der Waals surface area contributed by atoms with Crippen molar-refractivity contribution in [2.45, 2.75) is 39.3 Å². The Kier molecular flexibility index (Phi) is 4.77. The van der Waals surface area contributed by atoms with Crippen molar-refractivity contribution in [3.05, 3.63) is 26.8 Å². The molecule has 0 heterocycles. The molecule has 93 valence electrons. The maximum atomic E-state index is 11.2. The molecule has 0 aliphatic rings. The zero-order chi connectivity index (χ0) is 13.2. The number of rotatable bonds is 3. The van der Waals surface area contributed by atoms with Crippen molar-refractivity contribution >= 4 is 37.9 Å². The summed E-state index contributed by atoms with van der Waals surface area (Å²) >= 11 is 2.27. The zero-order valence-corrected chi connectivity index (χ0v) is 14.1. The van der Waals surface area contributed by atoms with Crippen LogP contribution in [0.1, 0.15) is 36.7 Å². The van der Waals surface area contributed by atoms with E-state index in [0.717, 1.165) is 26.7 Å². The molecule has 0 fully saturated rings. The van der Waals surface area contributed by atoms with Gasteiger partial charge in [-0.3, -0.25) is 4.79 Å². The molecule has 0 aliphatic carbocycles. The highest BCUT2D eigenvalue weighted by atomic mass is 127. The minimum absolute atomic E-state index is 0.0932.